The minimum absolute atomic E-state index is 0.532. The van der Waals surface area contributed by atoms with Crippen LogP contribution in [0, 0.1) is 22.7 Å². The number of aromatic nitrogens is 1. The number of benzene rings is 1. The third kappa shape index (κ3) is 2.42. The van der Waals surface area contributed by atoms with Gasteiger partial charge in [-0.15, -0.1) is 0 Å². The van der Waals surface area contributed by atoms with Gasteiger partial charge in [-0.3, -0.25) is 0 Å². The van der Waals surface area contributed by atoms with Crippen molar-refractivity contribution in [3.05, 3.63) is 59.4 Å². The van der Waals surface area contributed by atoms with Crippen LogP contribution in [0.3, 0.4) is 0 Å². The molecule has 0 bridgehead atoms. The number of nitrogens with zero attached hydrogens (tertiary/aromatic N) is 2. The monoisotopic (exact) mass is 219 g/mol. The average molecular weight is 219 g/mol. The highest BCUT2D eigenvalue weighted by Crippen LogP contribution is 2.17. The standard InChI is InChI=1S/C14H9N3/c15-9-11-3-1-4-12(7-11)13(10-16)8-14-5-2-6-17-14/h1-8,17H. The SMILES string of the molecule is N#CC(=Cc1ccc[nH]1)c1cccc(C#N)c1. The number of H-pyrrole nitrogens is 1. The zero-order valence-electron chi connectivity index (χ0n) is 9.01. The lowest BCUT2D eigenvalue weighted by Gasteiger charge is -1.99. The van der Waals surface area contributed by atoms with Crippen LogP contribution in [0.15, 0.2) is 42.6 Å². The van der Waals surface area contributed by atoms with Gasteiger partial charge < -0.3 is 4.98 Å². The number of rotatable bonds is 2. The molecule has 1 aromatic carbocycles. The van der Waals surface area contributed by atoms with Gasteiger partial charge in [-0.2, -0.15) is 10.5 Å². The van der Waals surface area contributed by atoms with Gasteiger partial charge in [0, 0.05) is 11.9 Å². The minimum Gasteiger partial charge on any atom is -0.362 e. The highest BCUT2D eigenvalue weighted by Gasteiger charge is 2.02. The quantitative estimate of drug-likeness (QED) is 0.789. The molecule has 17 heavy (non-hydrogen) atoms. The van der Waals surface area contributed by atoms with E-state index in [1.165, 1.54) is 0 Å². The molecule has 0 radical (unpaired) electrons. The number of allylic oxidation sites excluding steroid dienone is 1. The van der Waals surface area contributed by atoms with Crippen LogP contribution in [-0.2, 0) is 0 Å². The summed E-state index contributed by atoms with van der Waals surface area (Å²) in [5.41, 5.74) is 2.70. The second-order valence-corrected chi connectivity index (χ2v) is 3.49. The van der Waals surface area contributed by atoms with E-state index in [1.54, 1.807) is 30.5 Å². The van der Waals surface area contributed by atoms with E-state index in [0.717, 1.165) is 11.3 Å². The van der Waals surface area contributed by atoms with Crippen molar-refractivity contribution in [1.29, 1.82) is 10.5 Å². The van der Waals surface area contributed by atoms with Gasteiger partial charge in [-0.25, -0.2) is 0 Å². The Kier molecular flexibility index (Phi) is 3.05. The maximum atomic E-state index is 9.13. The molecule has 0 unspecified atom stereocenters. The second kappa shape index (κ2) is 4.83. The largest absolute Gasteiger partial charge is 0.362 e. The Labute approximate surface area is 99.3 Å². The van der Waals surface area contributed by atoms with Crippen LogP contribution in [0.5, 0.6) is 0 Å². The third-order valence-corrected chi connectivity index (χ3v) is 2.34. The molecule has 0 aliphatic rings. The van der Waals surface area contributed by atoms with Crippen LogP contribution in [0.2, 0.25) is 0 Å². The number of hydrogen-bond acceptors (Lipinski definition) is 2. The molecule has 2 aromatic rings. The van der Waals surface area contributed by atoms with Crippen molar-refractivity contribution >= 4 is 11.6 Å². The van der Waals surface area contributed by atoms with Crippen molar-refractivity contribution in [3.8, 4) is 12.1 Å². The second-order valence-electron chi connectivity index (χ2n) is 3.49. The van der Waals surface area contributed by atoms with E-state index >= 15 is 0 Å². The van der Waals surface area contributed by atoms with E-state index < -0.39 is 0 Å². The lowest BCUT2D eigenvalue weighted by atomic mass is 10.0. The Bertz CT molecular complexity index is 622. The molecular weight excluding hydrogens is 210 g/mol. The van der Waals surface area contributed by atoms with Gasteiger partial charge in [0.1, 0.15) is 0 Å². The van der Waals surface area contributed by atoms with Crippen molar-refractivity contribution in [3.63, 3.8) is 0 Å². The molecule has 0 aliphatic carbocycles. The van der Waals surface area contributed by atoms with Crippen molar-refractivity contribution in [2.45, 2.75) is 0 Å². The summed E-state index contributed by atoms with van der Waals surface area (Å²) in [5, 5.41) is 17.9. The number of nitrogens with one attached hydrogen (secondary N) is 1. The summed E-state index contributed by atoms with van der Waals surface area (Å²) in [7, 11) is 0. The summed E-state index contributed by atoms with van der Waals surface area (Å²) in [4.78, 5) is 3.01. The van der Waals surface area contributed by atoms with Gasteiger partial charge in [0.15, 0.2) is 0 Å². The summed E-state index contributed by atoms with van der Waals surface area (Å²) < 4.78 is 0. The molecule has 0 atom stereocenters. The Morgan fingerprint density at radius 3 is 2.71 bits per heavy atom. The van der Waals surface area contributed by atoms with E-state index in [2.05, 4.69) is 17.1 Å². The molecule has 0 saturated heterocycles. The zero-order chi connectivity index (χ0) is 12.1. The Morgan fingerprint density at radius 1 is 1.18 bits per heavy atom. The first-order chi connectivity index (χ1) is 8.33. The summed E-state index contributed by atoms with van der Waals surface area (Å²) in [5.74, 6) is 0. The predicted molar refractivity (Wildman–Crippen MR) is 65.4 cm³/mol. The van der Waals surface area contributed by atoms with Gasteiger partial charge in [0.05, 0.1) is 23.3 Å². The summed E-state index contributed by atoms with van der Waals surface area (Å²) >= 11 is 0. The van der Waals surface area contributed by atoms with Crippen molar-refractivity contribution < 1.29 is 0 Å². The van der Waals surface area contributed by atoms with Gasteiger partial charge in [0.25, 0.3) is 0 Å². The summed E-state index contributed by atoms with van der Waals surface area (Å²) in [6.07, 6.45) is 3.56. The Hall–Kier alpha value is -2.78. The molecule has 1 N–H and O–H groups in total. The molecular formula is C14H9N3. The molecule has 1 heterocycles. The van der Waals surface area contributed by atoms with Gasteiger partial charge in [0.2, 0.25) is 0 Å². The maximum absolute atomic E-state index is 9.13. The first-order valence-electron chi connectivity index (χ1n) is 5.09. The number of hydrogen-bond donors (Lipinski definition) is 1. The normalized spacial score (nSPS) is 10.6. The van der Waals surface area contributed by atoms with E-state index in [4.69, 9.17) is 10.5 Å². The van der Waals surface area contributed by atoms with E-state index in [1.807, 2.05) is 18.2 Å². The third-order valence-electron chi connectivity index (χ3n) is 2.34. The van der Waals surface area contributed by atoms with Crippen LogP contribution in [-0.4, -0.2) is 4.98 Å². The zero-order valence-corrected chi connectivity index (χ0v) is 9.01. The fourth-order valence-corrected chi connectivity index (χ4v) is 1.53. The Morgan fingerprint density at radius 2 is 2.06 bits per heavy atom. The highest BCUT2D eigenvalue weighted by molar-refractivity contribution is 5.89. The van der Waals surface area contributed by atoms with E-state index in [9.17, 15) is 0 Å². The molecule has 2 rings (SSSR count). The molecule has 0 saturated carbocycles. The molecule has 0 fully saturated rings. The lowest BCUT2D eigenvalue weighted by molar-refractivity contribution is 1.38. The maximum Gasteiger partial charge on any atom is 0.0998 e. The lowest BCUT2D eigenvalue weighted by Crippen LogP contribution is -1.84. The number of aromatic amines is 1. The van der Waals surface area contributed by atoms with Crippen LogP contribution in [0.25, 0.3) is 11.6 Å². The summed E-state index contributed by atoms with van der Waals surface area (Å²) in [6, 6.07) is 15.0. The van der Waals surface area contributed by atoms with Crippen molar-refractivity contribution in [2.75, 3.05) is 0 Å². The Balaban J connectivity index is 2.44. The summed E-state index contributed by atoms with van der Waals surface area (Å²) in [6.45, 7) is 0. The minimum atomic E-state index is 0.532. The van der Waals surface area contributed by atoms with E-state index in [-0.39, 0.29) is 0 Å². The van der Waals surface area contributed by atoms with Crippen LogP contribution in [0.1, 0.15) is 16.8 Å². The van der Waals surface area contributed by atoms with Crippen LogP contribution in [0.4, 0.5) is 0 Å². The predicted octanol–water partition coefficient (Wildman–Crippen LogP) is 2.95. The van der Waals surface area contributed by atoms with E-state index in [0.29, 0.717) is 11.1 Å². The first-order valence-corrected chi connectivity index (χ1v) is 5.09. The van der Waals surface area contributed by atoms with Gasteiger partial charge in [-0.05, 0) is 35.9 Å². The van der Waals surface area contributed by atoms with Crippen LogP contribution < -0.4 is 0 Å². The van der Waals surface area contributed by atoms with Crippen molar-refractivity contribution in [1.82, 2.24) is 4.98 Å². The molecule has 0 amide bonds. The van der Waals surface area contributed by atoms with Crippen molar-refractivity contribution in [2.24, 2.45) is 0 Å². The first kappa shape index (κ1) is 10.7. The molecule has 0 aliphatic heterocycles. The fourth-order valence-electron chi connectivity index (χ4n) is 1.53. The molecule has 80 valence electrons. The van der Waals surface area contributed by atoms with Gasteiger partial charge >= 0.3 is 0 Å². The average Bonchev–Trinajstić information content (AvgIpc) is 2.89. The molecule has 0 spiro atoms. The highest BCUT2D eigenvalue weighted by atomic mass is 14.7. The van der Waals surface area contributed by atoms with Gasteiger partial charge in [-0.1, -0.05) is 12.1 Å². The fraction of sp³-hybridized carbons (Fsp3) is 0. The smallest absolute Gasteiger partial charge is 0.0998 e. The van der Waals surface area contributed by atoms with Crippen LogP contribution >= 0.6 is 0 Å². The molecule has 3 nitrogen and oxygen atoms in total. The molecule has 3 heteroatoms. The number of nitriles is 2. The topological polar surface area (TPSA) is 63.4 Å². The molecule has 1 aromatic heterocycles.